The van der Waals surface area contributed by atoms with Crippen LogP contribution in [-0.4, -0.2) is 15.5 Å². The summed E-state index contributed by atoms with van der Waals surface area (Å²) in [7, 11) is 0. The van der Waals surface area contributed by atoms with Crippen molar-refractivity contribution in [2.24, 2.45) is 0 Å². The minimum Gasteiger partial charge on any atom is -0.397 e. The fraction of sp³-hybridized carbons (Fsp3) is 0.333. The van der Waals surface area contributed by atoms with Gasteiger partial charge in [-0.3, -0.25) is 9.78 Å². The standard InChI is InChI=1S/C15H20N4O/c1-3-6-19-10-13(16)7-14(19)15(20)18-9-12-8-17-5-4-11(12)2/h4-5,7-8,10H,3,6,9,16H2,1-2H3,(H,18,20). The first kappa shape index (κ1) is 14.1. The number of amides is 1. The molecule has 106 valence electrons. The van der Waals surface area contributed by atoms with Gasteiger partial charge in [-0.1, -0.05) is 6.92 Å². The Morgan fingerprint density at radius 2 is 2.30 bits per heavy atom. The number of carbonyl (C=O) groups excluding carboxylic acids is 1. The molecule has 2 aromatic heterocycles. The molecule has 0 radical (unpaired) electrons. The van der Waals surface area contributed by atoms with E-state index in [1.807, 2.05) is 17.6 Å². The molecule has 5 heteroatoms. The van der Waals surface area contributed by atoms with Gasteiger partial charge in [-0.15, -0.1) is 0 Å². The summed E-state index contributed by atoms with van der Waals surface area (Å²) < 4.78 is 1.89. The predicted molar refractivity (Wildman–Crippen MR) is 79.3 cm³/mol. The van der Waals surface area contributed by atoms with Crippen molar-refractivity contribution in [3.8, 4) is 0 Å². The Morgan fingerprint density at radius 3 is 3.00 bits per heavy atom. The van der Waals surface area contributed by atoms with Gasteiger partial charge < -0.3 is 15.6 Å². The van der Waals surface area contributed by atoms with Crippen LogP contribution in [-0.2, 0) is 13.1 Å². The Bertz CT molecular complexity index is 604. The molecule has 0 unspecified atom stereocenters. The molecule has 0 aromatic carbocycles. The second-order valence-electron chi connectivity index (χ2n) is 4.84. The van der Waals surface area contributed by atoms with E-state index in [2.05, 4.69) is 17.2 Å². The Kier molecular flexibility index (Phi) is 4.40. The monoisotopic (exact) mass is 272 g/mol. The molecule has 0 aliphatic carbocycles. The normalized spacial score (nSPS) is 10.5. The quantitative estimate of drug-likeness (QED) is 0.875. The summed E-state index contributed by atoms with van der Waals surface area (Å²) in [6, 6.07) is 3.64. The molecular formula is C15H20N4O. The number of nitrogen functional groups attached to an aromatic ring is 1. The van der Waals surface area contributed by atoms with Crippen LogP contribution < -0.4 is 11.1 Å². The summed E-state index contributed by atoms with van der Waals surface area (Å²) in [4.78, 5) is 16.3. The van der Waals surface area contributed by atoms with Crippen molar-refractivity contribution in [2.45, 2.75) is 33.4 Å². The number of aryl methyl sites for hydroxylation is 2. The number of aromatic nitrogens is 2. The summed E-state index contributed by atoms with van der Waals surface area (Å²) in [5.41, 5.74) is 9.11. The molecule has 0 atom stereocenters. The fourth-order valence-electron chi connectivity index (χ4n) is 2.10. The number of nitrogens with one attached hydrogen (secondary N) is 1. The summed E-state index contributed by atoms with van der Waals surface area (Å²) in [6.45, 7) is 5.32. The number of rotatable bonds is 5. The molecule has 0 spiro atoms. The lowest BCUT2D eigenvalue weighted by Gasteiger charge is -2.09. The third kappa shape index (κ3) is 3.17. The van der Waals surface area contributed by atoms with Crippen LogP contribution in [0.25, 0.3) is 0 Å². The maximum absolute atomic E-state index is 12.2. The van der Waals surface area contributed by atoms with E-state index in [0.29, 0.717) is 17.9 Å². The Hall–Kier alpha value is -2.30. The molecular weight excluding hydrogens is 252 g/mol. The van der Waals surface area contributed by atoms with Crippen LogP contribution in [0.1, 0.15) is 35.0 Å². The average molecular weight is 272 g/mol. The molecule has 0 fully saturated rings. The first-order valence-electron chi connectivity index (χ1n) is 6.75. The van der Waals surface area contributed by atoms with Crippen molar-refractivity contribution in [3.05, 3.63) is 47.5 Å². The average Bonchev–Trinajstić information content (AvgIpc) is 2.79. The lowest BCUT2D eigenvalue weighted by atomic mass is 10.1. The number of pyridine rings is 1. The van der Waals surface area contributed by atoms with Gasteiger partial charge in [-0.2, -0.15) is 0 Å². The van der Waals surface area contributed by atoms with Crippen LogP contribution in [0.15, 0.2) is 30.7 Å². The van der Waals surface area contributed by atoms with Crippen LogP contribution in [0, 0.1) is 6.92 Å². The van der Waals surface area contributed by atoms with Gasteiger partial charge in [0.05, 0.1) is 5.69 Å². The van der Waals surface area contributed by atoms with E-state index < -0.39 is 0 Å². The van der Waals surface area contributed by atoms with Crippen LogP contribution in [0.5, 0.6) is 0 Å². The zero-order valence-corrected chi connectivity index (χ0v) is 11.9. The van der Waals surface area contributed by atoms with E-state index in [-0.39, 0.29) is 5.91 Å². The van der Waals surface area contributed by atoms with Crippen molar-refractivity contribution < 1.29 is 4.79 Å². The molecule has 20 heavy (non-hydrogen) atoms. The summed E-state index contributed by atoms with van der Waals surface area (Å²) in [6.07, 6.45) is 6.27. The first-order valence-corrected chi connectivity index (χ1v) is 6.75. The summed E-state index contributed by atoms with van der Waals surface area (Å²) >= 11 is 0. The highest BCUT2D eigenvalue weighted by atomic mass is 16.1. The first-order chi connectivity index (χ1) is 9.61. The summed E-state index contributed by atoms with van der Waals surface area (Å²) in [5.74, 6) is -0.113. The molecule has 5 nitrogen and oxygen atoms in total. The second-order valence-corrected chi connectivity index (χ2v) is 4.84. The molecule has 0 saturated heterocycles. The predicted octanol–water partition coefficient (Wildman–Crippen LogP) is 2.11. The molecule has 0 saturated carbocycles. The fourth-order valence-corrected chi connectivity index (χ4v) is 2.10. The van der Waals surface area contributed by atoms with E-state index in [9.17, 15) is 4.79 Å². The minimum atomic E-state index is -0.113. The molecule has 0 aliphatic heterocycles. The SMILES string of the molecule is CCCn1cc(N)cc1C(=O)NCc1cnccc1C. The van der Waals surface area contributed by atoms with E-state index in [4.69, 9.17) is 5.73 Å². The van der Waals surface area contributed by atoms with Crippen LogP contribution in [0.4, 0.5) is 5.69 Å². The lowest BCUT2D eigenvalue weighted by Crippen LogP contribution is -2.25. The highest BCUT2D eigenvalue weighted by Crippen LogP contribution is 2.12. The van der Waals surface area contributed by atoms with Gasteiger partial charge in [0.2, 0.25) is 0 Å². The topological polar surface area (TPSA) is 72.9 Å². The number of anilines is 1. The summed E-state index contributed by atoms with van der Waals surface area (Å²) in [5, 5.41) is 2.91. The maximum atomic E-state index is 12.2. The van der Waals surface area contributed by atoms with E-state index >= 15 is 0 Å². The van der Waals surface area contributed by atoms with Gasteiger partial charge in [0.25, 0.3) is 5.91 Å². The number of hydrogen-bond donors (Lipinski definition) is 2. The second kappa shape index (κ2) is 6.23. The molecule has 2 rings (SSSR count). The zero-order valence-electron chi connectivity index (χ0n) is 11.9. The highest BCUT2D eigenvalue weighted by molar-refractivity contribution is 5.93. The highest BCUT2D eigenvalue weighted by Gasteiger charge is 2.12. The van der Waals surface area contributed by atoms with Crippen molar-refractivity contribution in [3.63, 3.8) is 0 Å². The molecule has 0 aliphatic rings. The number of nitrogens with two attached hydrogens (primary N) is 1. The molecule has 0 bridgehead atoms. The molecule has 3 N–H and O–H groups in total. The third-order valence-electron chi connectivity index (χ3n) is 3.20. The van der Waals surface area contributed by atoms with Crippen molar-refractivity contribution >= 4 is 11.6 Å². The van der Waals surface area contributed by atoms with E-state index in [0.717, 1.165) is 24.1 Å². The van der Waals surface area contributed by atoms with Crippen LogP contribution >= 0.6 is 0 Å². The molecule has 2 aromatic rings. The number of hydrogen-bond acceptors (Lipinski definition) is 3. The Balaban J connectivity index is 2.07. The molecule has 2 heterocycles. The van der Waals surface area contributed by atoms with Gasteiger partial charge in [-0.25, -0.2) is 0 Å². The van der Waals surface area contributed by atoms with Gasteiger partial charge in [-0.05, 0) is 36.6 Å². The largest absolute Gasteiger partial charge is 0.397 e. The van der Waals surface area contributed by atoms with Gasteiger partial charge in [0, 0.05) is 31.7 Å². The van der Waals surface area contributed by atoms with E-state index in [1.54, 1.807) is 24.7 Å². The van der Waals surface area contributed by atoms with Gasteiger partial charge in [0.15, 0.2) is 0 Å². The van der Waals surface area contributed by atoms with E-state index in [1.165, 1.54) is 0 Å². The Morgan fingerprint density at radius 1 is 1.50 bits per heavy atom. The molecule has 1 amide bonds. The van der Waals surface area contributed by atoms with Gasteiger partial charge >= 0.3 is 0 Å². The van der Waals surface area contributed by atoms with Crippen molar-refractivity contribution in [1.29, 1.82) is 0 Å². The van der Waals surface area contributed by atoms with Crippen molar-refractivity contribution in [1.82, 2.24) is 14.9 Å². The lowest BCUT2D eigenvalue weighted by molar-refractivity contribution is 0.0941. The maximum Gasteiger partial charge on any atom is 0.268 e. The van der Waals surface area contributed by atoms with Crippen LogP contribution in [0.2, 0.25) is 0 Å². The third-order valence-corrected chi connectivity index (χ3v) is 3.20. The zero-order chi connectivity index (χ0) is 14.5. The Labute approximate surface area is 118 Å². The minimum absolute atomic E-state index is 0.113. The van der Waals surface area contributed by atoms with Crippen molar-refractivity contribution in [2.75, 3.05) is 5.73 Å². The van der Waals surface area contributed by atoms with Gasteiger partial charge in [0.1, 0.15) is 5.69 Å². The number of nitrogens with zero attached hydrogens (tertiary/aromatic N) is 2. The number of carbonyl (C=O) groups is 1. The van der Waals surface area contributed by atoms with Crippen LogP contribution in [0.3, 0.4) is 0 Å². The smallest absolute Gasteiger partial charge is 0.268 e.